The molecule has 2 N–H and O–H groups in total. The fraction of sp³-hybridized carbons (Fsp3) is 0.160. The van der Waals surface area contributed by atoms with Crippen molar-refractivity contribution in [1.82, 2.24) is 10.7 Å². The van der Waals surface area contributed by atoms with E-state index in [0.29, 0.717) is 28.9 Å². The average Bonchev–Trinajstić information content (AvgIpc) is 2.88. The molecule has 0 radical (unpaired) electrons. The number of esters is 1. The van der Waals surface area contributed by atoms with Crippen molar-refractivity contribution in [1.29, 1.82) is 0 Å². The van der Waals surface area contributed by atoms with Gasteiger partial charge in [0.15, 0.2) is 16.6 Å². The first kappa shape index (κ1) is 24.5. The molecule has 34 heavy (non-hydrogen) atoms. The summed E-state index contributed by atoms with van der Waals surface area (Å²) in [5, 5.41) is 7.61. The molecule has 3 aromatic rings. The lowest BCUT2D eigenvalue weighted by Gasteiger charge is -2.11. The van der Waals surface area contributed by atoms with Crippen molar-refractivity contribution in [2.75, 3.05) is 21.3 Å². The predicted molar refractivity (Wildman–Crippen MR) is 134 cm³/mol. The standard InChI is InChI=1S/C25H25N3O5S/c1-30-20-12-19(13-21(14-20)31-2)24(29)33-22-10-9-18(11-23(22)32-3)16-27-28-25(34)26-15-17-7-5-4-6-8-17/h4-14,16H,15H2,1-3H3,(H2,26,28,34). The molecule has 0 bridgehead atoms. The van der Waals surface area contributed by atoms with Crippen LogP contribution < -0.4 is 29.7 Å². The van der Waals surface area contributed by atoms with E-state index < -0.39 is 5.97 Å². The molecule has 176 valence electrons. The lowest BCUT2D eigenvalue weighted by atomic mass is 10.2. The van der Waals surface area contributed by atoms with Crippen LogP contribution in [0, 0.1) is 0 Å². The first-order valence-electron chi connectivity index (χ1n) is 10.3. The van der Waals surface area contributed by atoms with Gasteiger partial charge in [-0.1, -0.05) is 30.3 Å². The van der Waals surface area contributed by atoms with Gasteiger partial charge in [0.1, 0.15) is 11.5 Å². The summed E-state index contributed by atoms with van der Waals surface area (Å²) >= 11 is 5.23. The Morgan fingerprint density at radius 3 is 2.26 bits per heavy atom. The number of ether oxygens (including phenoxy) is 4. The maximum atomic E-state index is 12.7. The van der Waals surface area contributed by atoms with Crippen LogP contribution >= 0.6 is 12.2 Å². The minimum Gasteiger partial charge on any atom is -0.497 e. The highest BCUT2D eigenvalue weighted by atomic mass is 32.1. The van der Waals surface area contributed by atoms with E-state index in [-0.39, 0.29) is 11.3 Å². The molecular formula is C25H25N3O5S. The molecule has 3 aromatic carbocycles. The molecule has 0 aliphatic carbocycles. The maximum absolute atomic E-state index is 12.7. The van der Waals surface area contributed by atoms with Gasteiger partial charge in [-0.3, -0.25) is 5.43 Å². The Balaban J connectivity index is 1.61. The van der Waals surface area contributed by atoms with Gasteiger partial charge in [-0.25, -0.2) is 4.79 Å². The number of hydrazone groups is 1. The van der Waals surface area contributed by atoms with Crippen molar-refractivity contribution in [3.05, 3.63) is 83.4 Å². The summed E-state index contributed by atoms with van der Waals surface area (Å²) in [6.45, 7) is 0.593. The molecule has 0 aliphatic rings. The summed E-state index contributed by atoms with van der Waals surface area (Å²) in [6.07, 6.45) is 1.58. The SMILES string of the molecule is COc1cc(OC)cc(C(=O)Oc2ccc(C=NNC(=S)NCc3ccccc3)cc2OC)c1. The van der Waals surface area contributed by atoms with Gasteiger partial charge in [-0.15, -0.1) is 0 Å². The monoisotopic (exact) mass is 479 g/mol. The number of rotatable bonds is 9. The number of carbonyl (C=O) groups is 1. The number of hydrogen-bond donors (Lipinski definition) is 2. The molecule has 9 heteroatoms. The third kappa shape index (κ3) is 6.94. The van der Waals surface area contributed by atoms with Crippen LogP contribution in [-0.4, -0.2) is 38.6 Å². The van der Waals surface area contributed by atoms with E-state index in [9.17, 15) is 4.79 Å². The molecule has 0 unspecified atom stereocenters. The molecular weight excluding hydrogens is 454 g/mol. The molecule has 0 amide bonds. The molecule has 0 saturated carbocycles. The summed E-state index contributed by atoms with van der Waals surface area (Å²) in [4.78, 5) is 12.7. The summed E-state index contributed by atoms with van der Waals surface area (Å²) in [5.41, 5.74) is 4.88. The normalized spacial score (nSPS) is 10.4. The van der Waals surface area contributed by atoms with E-state index in [1.165, 1.54) is 21.3 Å². The Morgan fingerprint density at radius 1 is 0.912 bits per heavy atom. The van der Waals surface area contributed by atoms with Gasteiger partial charge in [-0.2, -0.15) is 5.10 Å². The minimum atomic E-state index is -0.576. The van der Waals surface area contributed by atoms with Crippen LogP contribution in [0.1, 0.15) is 21.5 Å². The zero-order valence-corrected chi connectivity index (χ0v) is 19.8. The third-order valence-corrected chi connectivity index (χ3v) is 4.89. The number of carbonyl (C=O) groups excluding carboxylic acids is 1. The Bertz CT molecular complexity index is 1150. The van der Waals surface area contributed by atoms with Crippen LogP contribution in [-0.2, 0) is 6.54 Å². The number of hydrogen-bond acceptors (Lipinski definition) is 7. The highest BCUT2D eigenvalue weighted by Crippen LogP contribution is 2.29. The van der Waals surface area contributed by atoms with E-state index >= 15 is 0 Å². The van der Waals surface area contributed by atoms with Gasteiger partial charge in [0, 0.05) is 12.6 Å². The van der Waals surface area contributed by atoms with Crippen LogP contribution in [0.15, 0.2) is 71.8 Å². The first-order chi connectivity index (χ1) is 16.5. The van der Waals surface area contributed by atoms with Crippen LogP contribution in [0.4, 0.5) is 0 Å². The molecule has 0 fully saturated rings. The molecule has 0 atom stereocenters. The largest absolute Gasteiger partial charge is 0.497 e. The second-order valence-electron chi connectivity index (χ2n) is 6.94. The van der Waals surface area contributed by atoms with Crippen molar-refractivity contribution in [3.8, 4) is 23.0 Å². The van der Waals surface area contributed by atoms with Crippen molar-refractivity contribution in [2.45, 2.75) is 6.54 Å². The second-order valence-corrected chi connectivity index (χ2v) is 7.35. The molecule has 0 aliphatic heterocycles. The fourth-order valence-electron chi connectivity index (χ4n) is 2.92. The molecule has 8 nitrogen and oxygen atoms in total. The Kier molecular flexibility index (Phi) is 8.81. The quantitative estimate of drug-likeness (QED) is 0.157. The number of nitrogens with zero attached hydrogens (tertiary/aromatic N) is 1. The van der Waals surface area contributed by atoms with E-state index in [2.05, 4.69) is 15.8 Å². The summed E-state index contributed by atoms with van der Waals surface area (Å²) in [6, 6.07) is 19.8. The van der Waals surface area contributed by atoms with Crippen molar-refractivity contribution in [2.24, 2.45) is 5.10 Å². The van der Waals surface area contributed by atoms with Gasteiger partial charge >= 0.3 is 5.97 Å². The number of benzene rings is 3. The molecule has 0 saturated heterocycles. The van der Waals surface area contributed by atoms with Gasteiger partial charge in [0.25, 0.3) is 0 Å². The second kappa shape index (κ2) is 12.2. The van der Waals surface area contributed by atoms with E-state index in [1.807, 2.05) is 30.3 Å². The Hall–Kier alpha value is -4.11. The average molecular weight is 480 g/mol. The maximum Gasteiger partial charge on any atom is 0.343 e. The highest BCUT2D eigenvalue weighted by Gasteiger charge is 2.15. The lowest BCUT2D eigenvalue weighted by molar-refractivity contribution is 0.0729. The number of thiocarbonyl (C=S) groups is 1. The number of methoxy groups -OCH3 is 3. The van der Waals surface area contributed by atoms with Gasteiger partial charge in [-0.05, 0) is 53.7 Å². The minimum absolute atomic E-state index is 0.263. The van der Waals surface area contributed by atoms with Crippen LogP contribution in [0.3, 0.4) is 0 Å². The van der Waals surface area contributed by atoms with E-state index in [4.69, 9.17) is 31.2 Å². The van der Waals surface area contributed by atoms with Crippen molar-refractivity contribution < 1.29 is 23.7 Å². The first-order valence-corrected chi connectivity index (χ1v) is 10.7. The number of nitrogens with one attached hydrogen (secondary N) is 2. The molecule has 0 spiro atoms. The van der Waals surface area contributed by atoms with E-state index in [1.54, 1.807) is 42.6 Å². The lowest BCUT2D eigenvalue weighted by Crippen LogP contribution is -2.31. The zero-order valence-electron chi connectivity index (χ0n) is 19.0. The Labute approximate surface area is 203 Å². The molecule has 3 rings (SSSR count). The summed E-state index contributed by atoms with van der Waals surface area (Å²) in [5.74, 6) is 1.02. The van der Waals surface area contributed by atoms with E-state index in [0.717, 1.165) is 11.1 Å². The summed E-state index contributed by atoms with van der Waals surface area (Å²) < 4.78 is 21.3. The van der Waals surface area contributed by atoms with Crippen LogP contribution in [0.25, 0.3) is 0 Å². The third-order valence-electron chi connectivity index (χ3n) is 4.65. The van der Waals surface area contributed by atoms with Crippen LogP contribution in [0.5, 0.6) is 23.0 Å². The van der Waals surface area contributed by atoms with Crippen molar-refractivity contribution >= 4 is 29.5 Å². The fourth-order valence-corrected chi connectivity index (χ4v) is 3.04. The Morgan fingerprint density at radius 2 is 1.62 bits per heavy atom. The predicted octanol–water partition coefficient (Wildman–Crippen LogP) is 3.93. The van der Waals surface area contributed by atoms with Gasteiger partial charge in [0.05, 0.1) is 33.1 Å². The van der Waals surface area contributed by atoms with Gasteiger partial charge in [0.2, 0.25) is 0 Å². The summed E-state index contributed by atoms with van der Waals surface area (Å²) in [7, 11) is 4.51. The smallest absolute Gasteiger partial charge is 0.343 e. The van der Waals surface area contributed by atoms with Crippen LogP contribution in [0.2, 0.25) is 0 Å². The topological polar surface area (TPSA) is 90.4 Å². The highest BCUT2D eigenvalue weighted by molar-refractivity contribution is 7.80. The molecule has 0 heterocycles. The zero-order chi connectivity index (χ0) is 24.3. The van der Waals surface area contributed by atoms with Gasteiger partial charge < -0.3 is 24.3 Å². The molecule has 0 aromatic heterocycles. The van der Waals surface area contributed by atoms with Crippen molar-refractivity contribution in [3.63, 3.8) is 0 Å².